The fraction of sp³-hybridized carbons (Fsp3) is 0.182. The van der Waals surface area contributed by atoms with Crippen LogP contribution in [0, 0.1) is 0 Å². The summed E-state index contributed by atoms with van der Waals surface area (Å²) in [6.07, 6.45) is 0. The molecule has 0 bridgehead atoms. The van der Waals surface area contributed by atoms with Crippen molar-refractivity contribution in [1.82, 2.24) is 0 Å². The molecular formula is C11H10ClNO3S. The second kappa shape index (κ2) is 4.50. The van der Waals surface area contributed by atoms with Gasteiger partial charge in [0.25, 0.3) is 0 Å². The van der Waals surface area contributed by atoms with Crippen LogP contribution in [0.3, 0.4) is 0 Å². The minimum absolute atomic E-state index is 0.0324. The molecule has 0 saturated carbocycles. The normalized spacial score (nSPS) is 17.5. The van der Waals surface area contributed by atoms with Crippen LogP contribution in [0.25, 0.3) is 0 Å². The molecule has 0 amide bonds. The Morgan fingerprint density at radius 3 is 2.47 bits per heavy atom. The standard InChI is InChI=1S/C11H10ClNO3S/c1-8-7-17(14,15)11(13-8)6-16-10-4-2-9(12)3-5-10/h2-5,7H,6H2,1H3. The van der Waals surface area contributed by atoms with E-state index in [1.54, 1.807) is 31.2 Å². The van der Waals surface area contributed by atoms with Crippen LogP contribution < -0.4 is 4.74 Å². The lowest BCUT2D eigenvalue weighted by molar-refractivity contribution is 0.378. The maximum atomic E-state index is 11.5. The van der Waals surface area contributed by atoms with Gasteiger partial charge in [-0.25, -0.2) is 13.4 Å². The van der Waals surface area contributed by atoms with Crippen LogP contribution in [-0.4, -0.2) is 20.1 Å². The lowest BCUT2D eigenvalue weighted by Crippen LogP contribution is -2.17. The molecule has 0 radical (unpaired) electrons. The molecule has 1 aromatic rings. The molecule has 0 unspecified atom stereocenters. The Bertz CT molecular complexity index is 588. The van der Waals surface area contributed by atoms with Gasteiger partial charge in [0, 0.05) is 5.02 Å². The van der Waals surface area contributed by atoms with Crippen molar-refractivity contribution in [1.29, 1.82) is 0 Å². The number of nitrogens with zero attached hydrogens (tertiary/aromatic N) is 1. The van der Waals surface area contributed by atoms with E-state index in [-0.39, 0.29) is 11.7 Å². The summed E-state index contributed by atoms with van der Waals surface area (Å²) in [4.78, 5) is 3.91. The molecule has 1 heterocycles. The van der Waals surface area contributed by atoms with Crippen LogP contribution in [0.5, 0.6) is 5.75 Å². The van der Waals surface area contributed by atoms with Crippen molar-refractivity contribution in [3.8, 4) is 5.75 Å². The van der Waals surface area contributed by atoms with E-state index in [4.69, 9.17) is 16.3 Å². The highest BCUT2D eigenvalue weighted by atomic mass is 35.5. The molecule has 90 valence electrons. The molecule has 0 fully saturated rings. The molecule has 0 spiro atoms. The van der Waals surface area contributed by atoms with E-state index in [1.165, 1.54) is 0 Å². The summed E-state index contributed by atoms with van der Waals surface area (Å²) in [5, 5.41) is 1.76. The Labute approximate surface area is 104 Å². The smallest absolute Gasteiger partial charge is 0.218 e. The summed E-state index contributed by atoms with van der Waals surface area (Å²) in [7, 11) is -3.38. The highest BCUT2D eigenvalue weighted by Gasteiger charge is 2.23. The van der Waals surface area contributed by atoms with Crippen LogP contribution >= 0.6 is 11.6 Å². The Kier molecular flexibility index (Phi) is 3.22. The topological polar surface area (TPSA) is 55.7 Å². The van der Waals surface area contributed by atoms with Gasteiger partial charge in [0.05, 0.1) is 11.1 Å². The van der Waals surface area contributed by atoms with Crippen molar-refractivity contribution in [2.45, 2.75) is 6.92 Å². The first-order chi connectivity index (χ1) is 7.97. The van der Waals surface area contributed by atoms with Crippen LogP contribution in [0.2, 0.25) is 5.02 Å². The summed E-state index contributed by atoms with van der Waals surface area (Å²) in [5.74, 6) is 0.553. The number of hydrogen-bond acceptors (Lipinski definition) is 4. The molecule has 1 aliphatic heterocycles. The summed E-state index contributed by atoms with van der Waals surface area (Å²) in [6, 6.07) is 6.69. The largest absolute Gasteiger partial charge is 0.487 e. The van der Waals surface area contributed by atoms with Gasteiger partial charge >= 0.3 is 0 Å². The summed E-state index contributed by atoms with van der Waals surface area (Å²) in [6.45, 7) is 1.56. The summed E-state index contributed by atoms with van der Waals surface area (Å²) in [5.41, 5.74) is 0.472. The number of allylic oxidation sites excluding steroid dienone is 1. The highest BCUT2D eigenvalue weighted by molar-refractivity contribution is 8.09. The maximum Gasteiger partial charge on any atom is 0.218 e. The average Bonchev–Trinajstić information content (AvgIpc) is 2.51. The van der Waals surface area contributed by atoms with Crippen LogP contribution in [0.15, 0.2) is 40.4 Å². The molecule has 0 saturated heterocycles. The zero-order valence-corrected chi connectivity index (χ0v) is 10.6. The predicted octanol–water partition coefficient (Wildman–Crippen LogP) is 2.41. The van der Waals surface area contributed by atoms with Crippen LogP contribution in [0.4, 0.5) is 0 Å². The van der Waals surface area contributed by atoms with E-state index >= 15 is 0 Å². The summed E-state index contributed by atoms with van der Waals surface area (Å²) < 4.78 is 28.4. The third kappa shape index (κ3) is 2.87. The fourth-order valence-corrected chi connectivity index (χ4v) is 2.63. The quantitative estimate of drug-likeness (QED) is 0.848. The monoisotopic (exact) mass is 271 g/mol. The zero-order valence-electron chi connectivity index (χ0n) is 9.05. The average molecular weight is 272 g/mol. The van der Waals surface area contributed by atoms with Crippen molar-refractivity contribution in [2.24, 2.45) is 4.99 Å². The van der Waals surface area contributed by atoms with Crippen molar-refractivity contribution in [2.75, 3.05) is 6.61 Å². The zero-order chi connectivity index (χ0) is 12.5. The SMILES string of the molecule is CC1=CS(=O)(=O)C(COc2ccc(Cl)cc2)=N1. The Balaban J connectivity index is 2.05. The lowest BCUT2D eigenvalue weighted by Gasteiger charge is -2.05. The van der Waals surface area contributed by atoms with Gasteiger partial charge in [-0.2, -0.15) is 0 Å². The third-order valence-corrected chi connectivity index (χ3v) is 3.90. The van der Waals surface area contributed by atoms with Crippen molar-refractivity contribution < 1.29 is 13.2 Å². The van der Waals surface area contributed by atoms with E-state index < -0.39 is 9.84 Å². The second-order valence-electron chi connectivity index (χ2n) is 3.55. The first-order valence-corrected chi connectivity index (χ1v) is 6.79. The van der Waals surface area contributed by atoms with Gasteiger partial charge in [0.15, 0.2) is 5.04 Å². The van der Waals surface area contributed by atoms with E-state index in [2.05, 4.69) is 4.99 Å². The van der Waals surface area contributed by atoms with Gasteiger partial charge in [-0.3, -0.25) is 0 Å². The number of hydrogen-bond donors (Lipinski definition) is 0. The van der Waals surface area contributed by atoms with Crippen LogP contribution in [0.1, 0.15) is 6.92 Å². The molecule has 0 aromatic heterocycles. The first-order valence-electron chi connectivity index (χ1n) is 4.87. The van der Waals surface area contributed by atoms with E-state index in [1.807, 2.05) is 0 Å². The number of rotatable bonds is 3. The van der Waals surface area contributed by atoms with E-state index in [0.29, 0.717) is 16.5 Å². The van der Waals surface area contributed by atoms with Crippen molar-refractivity contribution in [3.05, 3.63) is 40.4 Å². The molecule has 6 heteroatoms. The van der Waals surface area contributed by atoms with Gasteiger partial charge in [-0.15, -0.1) is 0 Å². The second-order valence-corrected chi connectivity index (χ2v) is 5.79. The molecule has 1 aliphatic rings. The third-order valence-electron chi connectivity index (χ3n) is 2.13. The highest BCUT2D eigenvalue weighted by Crippen LogP contribution is 2.18. The molecule has 0 atom stereocenters. The molecule has 0 N–H and O–H groups in total. The molecule has 17 heavy (non-hydrogen) atoms. The molecule has 0 aliphatic carbocycles. The van der Waals surface area contributed by atoms with Gasteiger partial charge in [-0.05, 0) is 31.2 Å². The summed E-state index contributed by atoms with van der Waals surface area (Å²) >= 11 is 5.72. The number of sulfone groups is 1. The maximum absolute atomic E-state index is 11.5. The number of benzene rings is 1. The Morgan fingerprint density at radius 1 is 1.29 bits per heavy atom. The van der Waals surface area contributed by atoms with Gasteiger partial charge < -0.3 is 4.74 Å². The predicted molar refractivity (Wildman–Crippen MR) is 67.1 cm³/mol. The molecule has 2 rings (SSSR count). The Hall–Kier alpha value is -1.33. The van der Waals surface area contributed by atoms with E-state index in [0.717, 1.165) is 5.41 Å². The Morgan fingerprint density at radius 2 is 1.94 bits per heavy atom. The number of ether oxygens (including phenoxy) is 1. The van der Waals surface area contributed by atoms with Crippen molar-refractivity contribution >= 4 is 26.5 Å². The van der Waals surface area contributed by atoms with Gasteiger partial charge in [0.2, 0.25) is 9.84 Å². The molecule has 1 aromatic carbocycles. The first kappa shape index (κ1) is 12.1. The lowest BCUT2D eigenvalue weighted by atomic mass is 10.3. The van der Waals surface area contributed by atoms with Crippen molar-refractivity contribution in [3.63, 3.8) is 0 Å². The molecular weight excluding hydrogens is 262 g/mol. The van der Waals surface area contributed by atoms with Crippen LogP contribution in [-0.2, 0) is 9.84 Å². The van der Waals surface area contributed by atoms with E-state index in [9.17, 15) is 8.42 Å². The minimum atomic E-state index is -3.38. The molecule has 4 nitrogen and oxygen atoms in total. The minimum Gasteiger partial charge on any atom is -0.487 e. The van der Waals surface area contributed by atoms with Gasteiger partial charge in [0.1, 0.15) is 12.4 Å². The number of aliphatic imine (C=N–C) groups is 1. The number of halogens is 1. The van der Waals surface area contributed by atoms with Gasteiger partial charge in [-0.1, -0.05) is 11.6 Å². The fourth-order valence-electron chi connectivity index (χ4n) is 1.37.